The number of rotatable bonds is 9. The highest BCUT2D eigenvalue weighted by Gasteiger charge is 2.24. The molecule has 0 amide bonds. The smallest absolute Gasteiger partial charge is 0.243 e. The van der Waals surface area contributed by atoms with Gasteiger partial charge in [0, 0.05) is 11.9 Å². The first-order chi connectivity index (χ1) is 14.3. The van der Waals surface area contributed by atoms with Gasteiger partial charge in [0.05, 0.1) is 17.1 Å². The molecular formula is C23H28N2O3S2. The van der Waals surface area contributed by atoms with Crippen LogP contribution in [0.4, 0.5) is 0 Å². The van der Waals surface area contributed by atoms with E-state index in [1.165, 1.54) is 26.8 Å². The minimum Gasteiger partial charge on any atom is -0.486 e. The number of hydrogen-bond donors (Lipinski definition) is 0. The average Bonchev–Trinajstić information content (AvgIpc) is 3.16. The van der Waals surface area contributed by atoms with Gasteiger partial charge in [-0.3, -0.25) is 0 Å². The third kappa shape index (κ3) is 5.47. The number of aromatic nitrogens is 1. The van der Waals surface area contributed by atoms with E-state index in [2.05, 4.69) is 18.8 Å². The van der Waals surface area contributed by atoms with Crippen molar-refractivity contribution in [1.29, 1.82) is 0 Å². The van der Waals surface area contributed by atoms with E-state index in [1.807, 2.05) is 49.6 Å². The van der Waals surface area contributed by atoms with Crippen molar-refractivity contribution >= 4 is 21.4 Å². The van der Waals surface area contributed by atoms with Gasteiger partial charge in [-0.15, -0.1) is 11.3 Å². The van der Waals surface area contributed by atoms with Crippen LogP contribution in [-0.2, 0) is 23.2 Å². The molecule has 0 saturated carbocycles. The summed E-state index contributed by atoms with van der Waals surface area (Å²) in [4.78, 5) is 4.91. The van der Waals surface area contributed by atoms with Crippen LogP contribution >= 0.6 is 11.3 Å². The number of aryl methyl sites for hydroxylation is 3. The Morgan fingerprint density at radius 3 is 2.43 bits per heavy atom. The highest BCUT2D eigenvalue weighted by Crippen LogP contribution is 2.22. The second-order valence-corrected chi connectivity index (χ2v) is 10.3. The second-order valence-electron chi connectivity index (χ2n) is 7.42. The van der Waals surface area contributed by atoms with Crippen LogP contribution in [0.1, 0.15) is 40.7 Å². The summed E-state index contributed by atoms with van der Waals surface area (Å²) in [5, 5.41) is 2.74. The monoisotopic (exact) mass is 444 g/mol. The highest BCUT2D eigenvalue weighted by molar-refractivity contribution is 7.89. The first kappa shape index (κ1) is 22.5. The van der Waals surface area contributed by atoms with Crippen molar-refractivity contribution in [2.75, 3.05) is 6.54 Å². The molecular weight excluding hydrogens is 416 g/mol. The molecule has 2 aromatic carbocycles. The van der Waals surface area contributed by atoms with Crippen molar-refractivity contribution in [2.45, 2.75) is 52.2 Å². The maximum Gasteiger partial charge on any atom is 0.243 e. The van der Waals surface area contributed by atoms with Gasteiger partial charge in [-0.2, -0.15) is 4.31 Å². The number of thiazole rings is 1. The molecule has 1 heterocycles. The van der Waals surface area contributed by atoms with Crippen LogP contribution in [-0.4, -0.2) is 24.3 Å². The summed E-state index contributed by atoms with van der Waals surface area (Å²) in [7, 11) is -3.57. The zero-order valence-electron chi connectivity index (χ0n) is 17.9. The first-order valence-electron chi connectivity index (χ1n) is 9.99. The van der Waals surface area contributed by atoms with Crippen LogP contribution in [0, 0.1) is 20.8 Å². The van der Waals surface area contributed by atoms with Gasteiger partial charge in [0.25, 0.3) is 0 Å². The quantitative estimate of drug-likeness (QED) is 0.452. The SMILES string of the molecule is CCCN(Cc1csc(COc2ccc(C)c(C)c2)n1)S(=O)(=O)c1ccc(C)cc1. The molecule has 0 aliphatic rings. The van der Waals surface area contributed by atoms with Crippen molar-refractivity contribution in [1.82, 2.24) is 9.29 Å². The van der Waals surface area contributed by atoms with Gasteiger partial charge in [-0.25, -0.2) is 13.4 Å². The Labute approximate surface area is 183 Å². The molecule has 0 saturated heterocycles. The van der Waals surface area contributed by atoms with Gasteiger partial charge < -0.3 is 4.74 Å². The van der Waals surface area contributed by atoms with E-state index in [4.69, 9.17) is 4.74 Å². The van der Waals surface area contributed by atoms with E-state index in [0.717, 1.165) is 28.4 Å². The van der Waals surface area contributed by atoms with Crippen LogP contribution in [0.3, 0.4) is 0 Å². The van der Waals surface area contributed by atoms with Crippen LogP contribution < -0.4 is 4.74 Å². The molecule has 30 heavy (non-hydrogen) atoms. The molecule has 5 nitrogen and oxygen atoms in total. The summed E-state index contributed by atoms with van der Waals surface area (Å²) in [5.74, 6) is 0.810. The Hall–Kier alpha value is -2.22. The number of sulfonamides is 1. The minimum atomic E-state index is -3.57. The van der Waals surface area contributed by atoms with Gasteiger partial charge in [-0.1, -0.05) is 30.7 Å². The third-order valence-electron chi connectivity index (χ3n) is 4.91. The molecule has 0 radical (unpaired) electrons. The Balaban J connectivity index is 1.70. The maximum absolute atomic E-state index is 13.1. The van der Waals surface area contributed by atoms with Crippen LogP contribution in [0.2, 0.25) is 0 Å². The van der Waals surface area contributed by atoms with E-state index >= 15 is 0 Å². The van der Waals surface area contributed by atoms with Crippen LogP contribution in [0.5, 0.6) is 5.75 Å². The van der Waals surface area contributed by atoms with Crippen molar-refractivity contribution in [3.63, 3.8) is 0 Å². The van der Waals surface area contributed by atoms with Gasteiger partial charge in [-0.05, 0) is 62.6 Å². The number of benzene rings is 2. The summed E-state index contributed by atoms with van der Waals surface area (Å²) < 4.78 is 33.5. The molecule has 7 heteroatoms. The fraction of sp³-hybridized carbons (Fsp3) is 0.348. The zero-order valence-corrected chi connectivity index (χ0v) is 19.5. The minimum absolute atomic E-state index is 0.254. The topological polar surface area (TPSA) is 59.5 Å². The Morgan fingerprint density at radius 2 is 1.77 bits per heavy atom. The number of hydrogen-bond acceptors (Lipinski definition) is 5. The molecule has 0 spiro atoms. The predicted octanol–water partition coefficient (Wildman–Crippen LogP) is 5.25. The van der Waals surface area contributed by atoms with Crippen molar-refractivity contribution < 1.29 is 13.2 Å². The zero-order chi connectivity index (χ0) is 21.7. The van der Waals surface area contributed by atoms with Gasteiger partial charge in [0.15, 0.2) is 0 Å². The van der Waals surface area contributed by atoms with E-state index < -0.39 is 10.0 Å². The number of ether oxygens (including phenoxy) is 1. The van der Waals surface area contributed by atoms with E-state index in [1.54, 1.807) is 12.1 Å². The summed E-state index contributed by atoms with van der Waals surface area (Å²) in [6.07, 6.45) is 0.734. The summed E-state index contributed by atoms with van der Waals surface area (Å²) in [6, 6.07) is 13.0. The third-order valence-corrected chi connectivity index (χ3v) is 7.64. The van der Waals surface area contributed by atoms with E-state index in [9.17, 15) is 8.42 Å². The first-order valence-corrected chi connectivity index (χ1v) is 12.3. The van der Waals surface area contributed by atoms with Crippen LogP contribution in [0.25, 0.3) is 0 Å². The van der Waals surface area contributed by atoms with Crippen molar-refractivity contribution in [3.05, 3.63) is 75.2 Å². The lowest BCUT2D eigenvalue weighted by Gasteiger charge is -2.21. The molecule has 0 aliphatic carbocycles. The van der Waals surface area contributed by atoms with Crippen LogP contribution in [0.15, 0.2) is 52.7 Å². The van der Waals surface area contributed by atoms with Crippen molar-refractivity contribution in [2.24, 2.45) is 0 Å². The maximum atomic E-state index is 13.1. The fourth-order valence-electron chi connectivity index (χ4n) is 3.01. The molecule has 0 aliphatic heterocycles. The molecule has 0 atom stereocenters. The highest BCUT2D eigenvalue weighted by atomic mass is 32.2. The predicted molar refractivity (Wildman–Crippen MR) is 121 cm³/mol. The summed E-state index contributed by atoms with van der Waals surface area (Å²) >= 11 is 1.49. The second kappa shape index (κ2) is 9.73. The van der Waals surface area contributed by atoms with Gasteiger partial charge in [0.1, 0.15) is 17.4 Å². The fourth-order valence-corrected chi connectivity index (χ4v) is 5.21. The summed E-state index contributed by atoms with van der Waals surface area (Å²) in [5.41, 5.74) is 4.18. The average molecular weight is 445 g/mol. The summed E-state index contributed by atoms with van der Waals surface area (Å²) in [6.45, 7) is 9.11. The van der Waals surface area contributed by atoms with Gasteiger partial charge >= 0.3 is 0 Å². The van der Waals surface area contributed by atoms with E-state index in [0.29, 0.717) is 18.0 Å². The molecule has 160 valence electrons. The lowest BCUT2D eigenvalue weighted by atomic mass is 10.1. The molecule has 0 fully saturated rings. The normalized spacial score (nSPS) is 11.8. The van der Waals surface area contributed by atoms with E-state index in [-0.39, 0.29) is 6.54 Å². The lowest BCUT2D eigenvalue weighted by Crippen LogP contribution is -2.31. The Morgan fingerprint density at radius 1 is 1.03 bits per heavy atom. The Kier molecular flexibility index (Phi) is 7.28. The number of nitrogens with zero attached hydrogens (tertiary/aromatic N) is 2. The molecule has 1 aromatic heterocycles. The molecule has 0 bridgehead atoms. The largest absolute Gasteiger partial charge is 0.486 e. The molecule has 3 rings (SSSR count). The molecule has 3 aromatic rings. The van der Waals surface area contributed by atoms with Gasteiger partial charge in [0.2, 0.25) is 10.0 Å². The molecule has 0 unspecified atom stereocenters. The molecule has 0 N–H and O–H groups in total. The lowest BCUT2D eigenvalue weighted by molar-refractivity contribution is 0.304. The van der Waals surface area contributed by atoms with Crippen molar-refractivity contribution in [3.8, 4) is 5.75 Å². The Bertz CT molecular complexity index is 1090. The standard InChI is InChI=1S/C23H28N2O3S2/c1-5-12-25(30(26,27)22-10-6-17(2)7-11-22)14-20-16-29-23(24-20)15-28-21-9-8-18(3)19(4)13-21/h6-11,13,16H,5,12,14-15H2,1-4H3.